The topological polar surface area (TPSA) is 15.3 Å². The molecule has 1 aromatic carbocycles. The molecule has 3 aliphatic rings. The first-order valence-corrected chi connectivity index (χ1v) is 8.42. The minimum absolute atomic E-state index is 0.553. The zero-order valence-electron chi connectivity index (χ0n) is 12.4. The number of benzene rings is 1. The first kappa shape index (κ1) is 12.8. The molecule has 4 rings (SSSR count). The fourth-order valence-corrected chi connectivity index (χ4v) is 3.57. The van der Waals surface area contributed by atoms with E-state index in [4.69, 9.17) is 0 Å². The number of fused-ring (bicyclic) bond motifs is 1. The van der Waals surface area contributed by atoms with Gasteiger partial charge >= 0.3 is 0 Å². The highest BCUT2D eigenvalue weighted by molar-refractivity contribution is 5.32. The van der Waals surface area contributed by atoms with E-state index in [9.17, 15) is 0 Å². The van der Waals surface area contributed by atoms with Gasteiger partial charge in [0.05, 0.1) is 0 Å². The number of hydrogen-bond donors (Lipinski definition) is 1. The Morgan fingerprint density at radius 3 is 2.35 bits per heavy atom. The second kappa shape index (κ2) is 5.50. The minimum Gasteiger partial charge on any atom is -0.309 e. The van der Waals surface area contributed by atoms with Gasteiger partial charge in [0.25, 0.3) is 0 Å². The van der Waals surface area contributed by atoms with Crippen LogP contribution in [0, 0.1) is 11.8 Å². The van der Waals surface area contributed by atoms with Crippen molar-refractivity contribution in [3.63, 3.8) is 0 Å². The van der Waals surface area contributed by atoms with Crippen LogP contribution in [0.5, 0.6) is 0 Å². The Balaban J connectivity index is 1.45. The summed E-state index contributed by atoms with van der Waals surface area (Å²) in [6, 6.07) is 9.59. The SMILES string of the molecule is c1ccc2c(c1)CCNC2CN(CC1CC1)CC1CC1. The van der Waals surface area contributed by atoms with Gasteiger partial charge in [-0.15, -0.1) is 0 Å². The Labute approximate surface area is 122 Å². The largest absolute Gasteiger partial charge is 0.309 e. The van der Waals surface area contributed by atoms with Gasteiger partial charge in [-0.3, -0.25) is 0 Å². The fourth-order valence-electron chi connectivity index (χ4n) is 3.57. The number of nitrogens with one attached hydrogen (secondary N) is 1. The molecule has 1 aliphatic heterocycles. The molecular formula is C18H26N2. The van der Waals surface area contributed by atoms with E-state index in [1.54, 1.807) is 11.1 Å². The molecule has 0 aromatic heterocycles. The van der Waals surface area contributed by atoms with Crippen LogP contribution >= 0.6 is 0 Å². The lowest BCUT2D eigenvalue weighted by Crippen LogP contribution is -2.40. The van der Waals surface area contributed by atoms with Gasteiger partial charge in [-0.25, -0.2) is 0 Å². The Bertz CT molecular complexity index is 448. The summed E-state index contributed by atoms with van der Waals surface area (Å²) >= 11 is 0. The van der Waals surface area contributed by atoms with Gasteiger partial charge in [0, 0.05) is 25.7 Å². The molecule has 1 unspecified atom stereocenters. The van der Waals surface area contributed by atoms with E-state index in [-0.39, 0.29) is 0 Å². The molecule has 0 bridgehead atoms. The molecule has 1 heterocycles. The molecule has 0 amide bonds. The number of rotatable bonds is 6. The minimum atomic E-state index is 0.553. The van der Waals surface area contributed by atoms with Crippen molar-refractivity contribution >= 4 is 0 Å². The molecule has 2 heteroatoms. The van der Waals surface area contributed by atoms with Crippen LogP contribution in [0.1, 0.15) is 42.9 Å². The zero-order valence-corrected chi connectivity index (χ0v) is 12.4. The third-order valence-corrected chi connectivity index (χ3v) is 5.08. The van der Waals surface area contributed by atoms with Gasteiger partial charge in [-0.05, 0) is 61.6 Å². The fraction of sp³-hybridized carbons (Fsp3) is 0.667. The average Bonchev–Trinajstić information content (AvgIpc) is 3.36. The van der Waals surface area contributed by atoms with Crippen LogP contribution in [-0.2, 0) is 6.42 Å². The van der Waals surface area contributed by atoms with Gasteiger partial charge in [0.2, 0.25) is 0 Å². The Morgan fingerprint density at radius 1 is 0.950 bits per heavy atom. The Morgan fingerprint density at radius 2 is 1.65 bits per heavy atom. The summed E-state index contributed by atoms with van der Waals surface area (Å²) in [7, 11) is 0. The highest BCUT2D eigenvalue weighted by Gasteiger charge is 2.31. The maximum absolute atomic E-state index is 3.75. The highest BCUT2D eigenvalue weighted by Crippen LogP contribution is 2.35. The summed E-state index contributed by atoms with van der Waals surface area (Å²) in [5.74, 6) is 2.01. The summed E-state index contributed by atoms with van der Waals surface area (Å²) in [4.78, 5) is 2.76. The summed E-state index contributed by atoms with van der Waals surface area (Å²) in [6.45, 7) is 5.04. The van der Waals surface area contributed by atoms with Crippen molar-refractivity contribution in [1.29, 1.82) is 0 Å². The van der Waals surface area contributed by atoms with E-state index < -0.39 is 0 Å². The van der Waals surface area contributed by atoms with Gasteiger partial charge in [-0.2, -0.15) is 0 Å². The molecule has 108 valence electrons. The second-order valence-corrected chi connectivity index (χ2v) is 7.06. The first-order chi connectivity index (χ1) is 9.88. The van der Waals surface area contributed by atoms with Crippen molar-refractivity contribution in [1.82, 2.24) is 10.2 Å². The van der Waals surface area contributed by atoms with Crippen molar-refractivity contribution in [3.8, 4) is 0 Å². The van der Waals surface area contributed by atoms with Crippen LogP contribution in [0.25, 0.3) is 0 Å². The standard InChI is InChI=1S/C18H26N2/c1-2-4-17-16(3-1)9-10-19-18(17)13-20(11-14-5-6-14)12-15-7-8-15/h1-4,14-15,18-19H,5-13H2. The lowest BCUT2D eigenvalue weighted by molar-refractivity contribution is 0.222. The Kier molecular flexibility index (Phi) is 3.53. The zero-order chi connectivity index (χ0) is 13.4. The molecule has 2 fully saturated rings. The van der Waals surface area contributed by atoms with Crippen molar-refractivity contribution < 1.29 is 0 Å². The van der Waals surface area contributed by atoms with Crippen molar-refractivity contribution in [2.75, 3.05) is 26.2 Å². The average molecular weight is 270 g/mol. The molecular weight excluding hydrogens is 244 g/mol. The van der Waals surface area contributed by atoms with Crippen LogP contribution in [0.3, 0.4) is 0 Å². The summed E-state index contributed by atoms with van der Waals surface area (Å²) < 4.78 is 0. The van der Waals surface area contributed by atoms with Gasteiger partial charge in [0.1, 0.15) is 0 Å². The molecule has 2 nitrogen and oxygen atoms in total. The number of hydrogen-bond acceptors (Lipinski definition) is 2. The lowest BCUT2D eigenvalue weighted by Gasteiger charge is -2.32. The van der Waals surface area contributed by atoms with E-state index in [0.717, 1.165) is 18.4 Å². The van der Waals surface area contributed by atoms with Crippen molar-refractivity contribution in [2.24, 2.45) is 11.8 Å². The van der Waals surface area contributed by atoms with E-state index in [2.05, 4.69) is 34.5 Å². The van der Waals surface area contributed by atoms with Crippen molar-refractivity contribution in [3.05, 3.63) is 35.4 Å². The summed E-state index contributed by atoms with van der Waals surface area (Å²) in [5, 5.41) is 3.75. The third kappa shape index (κ3) is 3.07. The Hall–Kier alpha value is -0.860. The molecule has 0 radical (unpaired) electrons. The predicted molar refractivity (Wildman–Crippen MR) is 82.8 cm³/mol. The molecule has 2 saturated carbocycles. The third-order valence-electron chi connectivity index (χ3n) is 5.08. The molecule has 2 aliphatic carbocycles. The van der Waals surface area contributed by atoms with E-state index in [1.165, 1.54) is 51.7 Å². The molecule has 1 atom stereocenters. The monoisotopic (exact) mass is 270 g/mol. The smallest absolute Gasteiger partial charge is 0.0452 e. The van der Waals surface area contributed by atoms with Gasteiger partial charge < -0.3 is 10.2 Å². The van der Waals surface area contributed by atoms with Gasteiger partial charge in [0.15, 0.2) is 0 Å². The molecule has 0 saturated heterocycles. The maximum atomic E-state index is 3.75. The second-order valence-electron chi connectivity index (χ2n) is 7.06. The lowest BCUT2D eigenvalue weighted by atomic mass is 9.94. The van der Waals surface area contributed by atoms with Crippen molar-refractivity contribution in [2.45, 2.75) is 38.1 Å². The summed E-state index contributed by atoms with van der Waals surface area (Å²) in [6.07, 6.45) is 7.06. The maximum Gasteiger partial charge on any atom is 0.0452 e. The van der Waals surface area contributed by atoms with Crippen LogP contribution in [-0.4, -0.2) is 31.1 Å². The predicted octanol–water partition coefficient (Wildman–Crippen LogP) is 3.00. The first-order valence-electron chi connectivity index (χ1n) is 8.42. The van der Waals surface area contributed by atoms with E-state index in [1.807, 2.05) is 0 Å². The summed E-state index contributed by atoms with van der Waals surface area (Å²) in [5.41, 5.74) is 3.12. The molecule has 0 spiro atoms. The van der Waals surface area contributed by atoms with Crippen LogP contribution < -0.4 is 5.32 Å². The number of nitrogens with zero attached hydrogens (tertiary/aromatic N) is 1. The molecule has 1 aromatic rings. The quantitative estimate of drug-likeness (QED) is 0.855. The highest BCUT2D eigenvalue weighted by atomic mass is 15.2. The van der Waals surface area contributed by atoms with E-state index in [0.29, 0.717) is 6.04 Å². The molecule has 20 heavy (non-hydrogen) atoms. The van der Waals surface area contributed by atoms with Crippen LogP contribution in [0.2, 0.25) is 0 Å². The normalized spacial score (nSPS) is 25.8. The van der Waals surface area contributed by atoms with Crippen LogP contribution in [0.15, 0.2) is 24.3 Å². The van der Waals surface area contributed by atoms with Crippen LogP contribution in [0.4, 0.5) is 0 Å². The molecule has 1 N–H and O–H groups in total. The van der Waals surface area contributed by atoms with E-state index >= 15 is 0 Å². The van der Waals surface area contributed by atoms with Gasteiger partial charge in [-0.1, -0.05) is 24.3 Å².